The number of anilines is 2. The number of fused-ring (bicyclic) bond motifs is 15. The average molecular weight is 570 g/mol. The molecule has 0 unspecified atom stereocenters. The van der Waals surface area contributed by atoms with Crippen LogP contribution in [0.25, 0.3) is 11.3 Å². The summed E-state index contributed by atoms with van der Waals surface area (Å²) in [6, 6.07) is 13.5. The van der Waals surface area contributed by atoms with Crippen LogP contribution in [-0.2, 0) is 26.1 Å². The lowest BCUT2D eigenvalue weighted by molar-refractivity contribution is 0.0393. The van der Waals surface area contributed by atoms with Crippen molar-refractivity contribution in [1.82, 2.24) is 14.3 Å². The van der Waals surface area contributed by atoms with E-state index >= 15 is 0 Å². The van der Waals surface area contributed by atoms with Crippen LogP contribution in [0.4, 0.5) is 11.5 Å². The van der Waals surface area contributed by atoms with Gasteiger partial charge in [0.15, 0.2) is 11.5 Å². The summed E-state index contributed by atoms with van der Waals surface area (Å²) in [4.78, 5) is 21.7. The maximum atomic E-state index is 13.3. The molecular weight excluding hydrogens is 534 g/mol. The van der Waals surface area contributed by atoms with Gasteiger partial charge < -0.3 is 25.6 Å². The highest BCUT2D eigenvalue weighted by Gasteiger charge is 2.24. The lowest BCUT2D eigenvalue weighted by Gasteiger charge is -2.21. The van der Waals surface area contributed by atoms with E-state index < -0.39 is 15.9 Å². The molecule has 0 saturated heterocycles. The summed E-state index contributed by atoms with van der Waals surface area (Å²) in [6.07, 6.45) is 4.72. The topological polar surface area (TPSA) is 157 Å². The van der Waals surface area contributed by atoms with Crippen LogP contribution >= 0.6 is 0 Å². The zero-order valence-corrected chi connectivity index (χ0v) is 23.1. The fraction of sp³-hybridized carbons (Fsp3) is 0.393. The van der Waals surface area contributed by atoms with E-state index in [4.69, 9.17) is 15.2 Å². The zero-order chi connectivity index (χ0) is 28.4. The molecule has 11 nitrogen and oxygen atoms in total. The van der Waals surface area contributed by atoms with Crippen LogP contribution in [0.3, 0.4) is 0 Å². The normalized spacial score (nSPS) is 17.9. The minimum Gasteiger partial charge on any atom is -0.395 e. The molecule has 2 aromatic carbocycles. The second-order valence-corrected chi connectivity index (χ2v) is 11.3. The number of aromatic nitrogens is 2. The molecule has 0 radical (unpaired) electrons. The Kier molecular flexibility index (Phi) is 10.6. The van der Waals surface area contributed by atoms with Crippen molar-refractivity contribution in [1.29, 1.82) is 0 Å². The molecule has 1 aromatic heterocycles. The van der Waals surface area contributed by atoms with Crippen molar-refractivity contribution >= 4 is 27.4 Å². The van der Waals surface area contributed by atoms with E-state index in [0.717, 1.165) is 24.8 Å². The number of rotatable bonds is 2. The number of nitrogen functional groups attached to an aromatic ring is 1. The van der Waals surface area contributed by atoms with Gasteiger partial charge in [-0.15, -0.1) is 0 Å². The van der Waals surface area contributed by atoms with Crippen LogP contribution in [0, 0.1) is 0 Å². The van der Waals surface area contributed by atoms with Crippen LogP contribution in [-0.4, -0.2) is 73.2 Å². The van der Waals surface area contributed by atoms with Gasteiger partial charge in [0.05, 0.1) is 43.2 Å². The maximum absolute atomic E-state index is 13.3. The fourth-order valence-electron chi connectivity index (χ4n) is 4.30. The number of benzene rings is 2. The van der Waals surface area contributed by atoms with E-state index in [9.17, 15) is 18.3 Å². The highest BCUT2D eigenvalue weighted by molar-refractivity contribution is 7.89. The monoisotopic (exact) mass is 569 g/mol. The SMILES string of the molecule is Nc1ncc2nc1C(=O)Nc1cccc(c1)COCCOCCCCCCN(CCO)S(=O)(=O)c1ccc-2cc1. The number of carbonyl (C=O) groups is 1. The molecule has 1 amide bonds. The van der Waals surface area contributed by atoms with Crippen LogP contribution in [0.5, 0.6) is 0 Å². The summed E-state index contributed by atoms with van der Waals surface area (Å²) in [7, 11) is -3.81. The lowest BCUT2D eigenvalue weighted by atomic mass is 10.1. The van der Waals surface area contributed by atoms with Gasteiger partial charge in [-0.1, -0.05) is 37.1 Å². The van der Waals surface area contributed by atoms with Crippen molar-refractivity contribution in [2.45, 2.75) is 37.2 Å². The molecule has 3 aromatic rings. The molecule has 2 aliphatic heterocycles. The predicted molar refractivity (Wildman–Crippen MR) is 151 cm³/mol. The molecule has 2 aliphatic rings. The molecule has 5 rings (SSSR count). The summed E-state index contributed by atoms with van der Waals surface area (Å²) in [6.45, 7) is 1.91. The second kappa shape index (κ2) is 14.3. The van der Waals surface area contributed by atoms with E-state index in [2.05, 4.69) is 15.3 Å². The number of nitrogens with one attached hydrogen (secondary N) is 1. The molecule has 40 heavy (non-hydrogen) atoms. The third kappa shape index (κ3) is 7.83. The maximum Gasteiger partial charge on any atom is 0.278 e. The summed E-state index contributed by atoms with van der Waals surface area (Å²) in [5.41, 5.74) is 8.31. The predicted octanol–water partition coefficient (Wildman–Crippen LogP) is 3.07. The zero-order valence-electron chi connectivity index (χ0n) is 22.3. The van der Waals surface area contributed by atoms with Crippen molar-refractivity contribution < 1.29 is 27.8 Å². The number of aliphatic hydroxyl groups excluding tert-OH is 1. The Morgan fingerprint density at radius 1 is 1.00 bits per heavy atom. The van der Waals surface area contributed by atoms with Gasteiger partial charge in [-0.25, -0.2) is 18.4 Å². The van der Waals surface area contributed by atoms with Gasteiger partial charge in [0, 0.05) is 30.9 Å². The lowest BCUT2D eigenvalue weighted by Crippen LogP contribution is -2.34. The van der Waals surface area contributed by atoms with Gasteiger partial charge in [0.25, 0.3) is 5.91 Å². The first kappa shape index (κ1) is 29.6. The average Bonchev–Trinajstić information content (AvgIpc) is 2.95. The van der Waals surface area contributed by atoms with Crippen molar-refractivity contribution in [3.8, 4) is 11.3 Å². The molecule has 6 bridgehead atoms. The Balaban J connectivity index is 1.60. The highest BCUT2D eigenvalue weighted by atomic mass is 32.2. The molecule has 4 N–H and O–H groups in total. The molecular formula is C28H35N5O6S. The Hall–Kier alpha value is -3.42. The molecule has 0 saturated carbocycles. The van der Waals surface area contributed by atoms with E-state index in [-0.39, 0.29) is 29.6 Å². The summed E-state index contributed by atoms with van der Waals surface area (Å²) >= 11 is 0. The molecule has 0 atom stereocenters. The minimum atomic E-state index is -3.81. The number of amides is 1. The van der Waals surface area contributed by atoms with E-state index in [0.29, 0.717) is 56.3 Å². The van der Waals surface area contributed by atoms with Gasteiger partial charge in [0.2, 0.25) is 10.0 Å². The second-order valence-electron chi connectivity index (χ2n) is 9.37. The first-order valence-corrected chi connectivity index (χ1v) is 14.7. The molecule has 0 aliphatic carbocycles. The van der Waals surface area contributed by atoms with Crippen LogP contribution in [0.15, 0.2) is 59.6 Å². The van der Waals surface area contributed by atoms with Crippen LogP contribution in [0.2, 0.25) is 0 Å². The number of carbonyl (C=O) groups excluding carboxylic acids is 1. The number of ether oxygens (including phenoxy) is 2. The number of nitrogens with two attached hydrogens (primary N) is 1. The third-order valence-corrected chi connectivity index (χ3v) is 8.34. The number of hydrogen-bond donors (Lipinski definition) is 3. The third-order valence-electron chi connectivity index (χ3n) is 6.42. The van der Waals surface area contributed by atoms with Crippen molar-refractivity contribution in [3.63, 3.8) is 0 Å². The summed E-state index contributed by atoms with van der Waals surface area (Å²) in [5, 5.41) is 12.3. The quantitative estimate of drug-likeness (QED) is 0.422. The van der Waals surface area contributed by atoms with Crippen molar-refractivity contribution in [2.75, 3.05) is 50.6 Å². The first-order chi connectivity index (χ1) is 19.4. The minimum absolute atomic E-state index is 0.0115. The first-order valence-electron chi connectivity index (χ1n) is 13.3. The Labute approximate surface area is 234 Å². The molecule has 0 fully saturated rings. The van der Waals surface area contributed by atoms with Gasteiger partial charge in [-0.2, -0.15) is 4.31 Å². The van der Waals surface area contributed by atoms with Gasteiger partial charge >= 0.3 is 0 Å². The molecule has 0 spiro atoms. The van der Waals surface area contributed by atoms with Gasteiger partial charge in [0.1, 0.15) is 0 Å². The highest BCUT2D eigenvalue weighted by Crippen LogP contribution is 2.24. The molecule has 214 valence electrons. The van der Waals surface area contributed by atoms with E-state index in [1.807, 2.05) is 18.2 Å². The molecule has 12 heteroatoms. The number of nitrogens with zero attached hydrogens (tertiary/aromatic N) is 3. The number of aliphatic hydroxyl groups is 1. The summed E-state index contributed by atoms with van der Waals surface area (Å²) < 4.78 is 39.2. The standard InChI is InChI=1S/C28H35N5O6S/c29-27-26-28(35)31-23-7-5-6-21(18-23)20-39-17-16-38-15-4-2-1-3-12-33(13-14-34)40(36,37)24-10-8-22(9-11-24)25(32-26)19-30-27/h5-11,18-19,34H,1-4,12-17,20H2,(H2,29,30)(H,31,35). The Morgan fingerprint density at radius 3 is 2.58 bits per heavy atom. The van der Waals surface area contributed by atoms with Crippen molar-refractivity contribution in [3.05, 3.63) is 66.0 Å². The number of sulfonamides is 1. The van der Waals surface area contributed by atoms with Crippen LogP contribution in [0.1, 0.15) is 41.7 Å². The molecule has 3 heterocycles. The smallest absolute Gasteiger partial charge is 0.278 e. The van der Waals surface area contributed by atoms with Gasteiger partial charge in [-0.3, -0.25) is 4.79 Å². The van der Waals surface area contributed by atoms with E-state index in [1.165, 1.54) is 22.6 Å². The van der Waals surface area contributed by atoms with E-state index in [1.54, 1.807) is 18.2 Å². The fourth-order valence-corrected chi connectivity index (χ4v) is 5.77. The number of hydrogen-bond acceptors (Lipinski definition) is 9. The van der Waals surface area contributed by atoms with Crippen molar-refractivity contribution in [2.24, 2.45) is 0 Å². The van der Waals surface area contributed by atoms with Crippen LogP contribution < -0.4 is 11.1 Å². The Bertz CT molecular complexity index is 1380. The Morgan fingerprint density at radius 2 is 1.77 bits per heavy atom. The largest absolute Gasteiger partial charge is 0.395 e. The summed E-state index contributed by atoms with van der Waals surface area (Å²) in [5.74, 6) is -0.556. The van der Waals surface area contributed by atoms with Gasteiger partial charge in [-0.05, 0) is 42.7 Å².